The van der Waals surface area contributed by atoms with Crippen LogP contribution in [0.5, 0.6) is 5.75 Å². The Morgan fingerprint density at radius 2 is 1.83 bits per heavy atom. The van der Waals surface area contributed by atoms with Crippen molar-refractivity contribution in [2.45, 2.75) is 12.6 Å². The van der Waals surface area contributed by atoms with E-state index in [2.05, 4.69) is 49.0 Å². The Bertz CT molecular complexity index is 646. The fourth-order valence-corrected chi connectivity index (χ4v) is 2.70. The average Bonchev–Trinajstić information content (AvgIpc) is 2.61. The summed E-state index contributed by atoms with van der Waals surface area (Å²) in [5.41, 5.74) is 2.44. The monoisotopic (exact) mass is 344 g/mol. The summed E-state index contributed by atoms with van der Waals surface area (Å²) < 4.78 is 5.33. The van der Waals surface area contributed by atoms with Gasteiger partial charge in [0.2, 0.25) is 0 Å². The van der Waals surface area contributed by atoms with Crippen molar-refractivity contribution in [3.63, 3.8) is 0 Å². The maximum atomic E-state index is 5.40. The SMILES string of the molecule is COc1cccc([C@H](CNC(=S)NCc2ccccc2)[NH+](C)C)c1. The molecule has 0 aromatic heterocycles. The van der Waals surface area contributed by atoms with Crippen LogP contribution < -0.4 is 20.3 Å². The lowest BCUT2D eigenvalue weighted by molar-refractivity contribution is -0.890. The van der Waals surface area contributed by atoms with Gasteiger partial charge in [0.05, 0.1) is 27.7 Å². The standard InChI is InChI=1S/C19H25N3OS/c1-22(2)18(16-10-7-11-17(12-16)23-3)14-21-19(24)20-13-15-8-5-4-6-9-15/h4-12,18H,13-14H2,1-3H3,(H2,20,21,24)/p+1/t18-/m0/s1. The van der Waals surface area contributed by atoms with Gasteiger partial charge >= 0.3 is 0 Å². The average molecular weight is 345 g/mol. The molecule has 0 fully saturated rings. The first kappa shape index (κ1) is 18.2. The summed E-state index contributed by atoms with van der Waals surface area (Å²) in [7, 11) is 5.98. The van der Waals surface area contributed by atoms with Crippen LogP contribution in [0.4, 0.5) is 0 Å². The van der Waals surface area contributed by atoms with Crippen molar-refractivity contribution in [1.82, 2.24) is 10.6 Å². The number of benzene rings is 2. The second-order valence-corrected chi connectivity index (χ2v) is 6.36. The molecule has 2 aromatic carbocycles. The number of rotatable bonds is 7. The molecule has 2 rings (SSSR count). The summed E-state index contributed by atoms with van der Waals surface area (Å²) in [6, 6.07) is 18.7. The molecular weight excluding hydrogens is 318 g/mol. The molecule has 0 aliphatic carbocycles. The van der Waals surface area contributed by atoms with E-state index in [0.717, 1.165) is 18.8 Å². The van der Waals surface area contributed by atoms with Crippen LogP contribution in [0.2, 0.25) is 0 Å². The van der Waals surface area contributed by atoms with Crippen molar-refractivity contribution in [3.05, 3.63) is 65.7 Å². The number of ether oxygens (including phenoxy) is 1. The highest BCUT2D eigenvalue weighted by molar-refractivity contribution is 7.80. The number of thiocarbonyl (C=S) groups is 1. The van der Waals surface area contributed by atoms with Gasteiger partial charge in [0.15, 0.2) is 5.11 Å². The van der Waals surface area contributed by atoms with Gasteiger partial charge in [-0.15, -0.1) is 0 Å². The lowest BCUT2D eigenvalue weighted by atomic mass is 10.1. The number of nitrogens with one attached hydrogen (secondary N) is 3. The van der Waals surface area contributed by atoms with Crippen LogP contribution in [0, 0.1) is 0 Å². The quantitative estimate of drug-likeness (QED) is 0.666. The summed E-state index contributed by atoms with van der Waals surface area (Å²) in [5, 5.41) is 7.26. The van der Waals surface area contributed by atoms with Crippen molar-refractivity contribution in [1.29, 1.82) is 0 Å². The van der Waals surface area contributed by atoms with E-state index in [4.69, 9.17) is 17.0 Å². The predicted octanol–water partition coefficient (Wildman–Crippen LogP) is 1.55. The molecule has 3 N–H and O–H groups in total. The molecule has 0 amide bonds. The summed E-state index contributed by atoms with van der Waals surface area (Å²) in [4.78, 5) is 1.33. The summed E-state index contributed by atoms with van der Waals surface area (Å²) >= 11 is 5.40. The van der Waals surface area contributed by atoms with Crippen LogP contribution in [0.1, 0.15) is 17.2 Å². The van der Waals surface area contributed by atoms with Crippen LogP contribution in [0.15, 0.2) is 54.6 Å². The van der Waals surface area contributed by atoms with Gasteiger partial charge < -0.3 is 20.3 Å². The topological polar surface area (TPSA) is 37.7 Å². The van der Waals surface area contributed by atoms with E-state index in [1.165, 1.54) is 16.0 Å². The van der Waals surface area contributed by atoms with E-state index < -0.39 is 0 Å². The third-order valence-electron chi connectivity index (χ3n) is 3.96. The molecule has 0 aliphatic heterocycles. The highest BCUT2D eigenvalue weighted by Crippen LogP contribution is 2.16. The highest BCUT2D eigenvalue weighted by Gasteiger charge is 2.18. The number of likely N-dealkylation sites (N-methyl/N-ethyl adjacent to an activating group) is 1. The minimum Gasteiger partial charge on any atom is -0.497 e. The fraction of sp³-hybridized carbons (Fsp3) is 0.316. The maximum Gasteiger partial charge on any atom is 0.166 e. The van der Waals surface area contributed by atoms with Crippen LogP contribution in [0.25, 0.3) is 0 Å². The molecule has 0 radical (unpaired) electrons. The second-order valence-electron chi connectivity index (χ2n) is 5.96. The van der Waals surface area contributed by atoms with E-state index in [-0.39, 0.29) is 6.04 Å². The zero-order valence-electron chi connectivity index (χ0n) is 14.5. The van der Waals surface area contributed by atoms with Gasteiger partial charge in [0.1, 0.15) is 11.8 Å². The van der Waals surface area contributed by atoms with Crippen molar-refractivity contribution in [2.75, 3.05) is 27.7 Å². The highest BCUT2D eigenvalue weighted by atomic mass is 32.1. The molecule has 0 spiro atoms. The Kier molecular flexibility index (Phi) is 7.03. The first-order valence-corrected chi connectivity index (χ1v) is 8.50. The summed E-state index contributed by atoms with van der Waals surface area (Å²) in [5.74, 6) is 0.878. The first-order valence-electron chi connectivity index (χ1n) is 8.09. The molecule has 0 bridgehead atoms. The van der Waals surface area contributed by atoms with Crippen molar-refractivity contribution in [2.24, 2.45) is 0 Å². The second kappa shape index (κ2) is 9.25. The van der Waals surface area contributed by atoms with Gasteiger partial charge in [-0.3, -0.25) is 0 Å². The van der Waals surface area contributed by atoms with Gasteiger partial charge in [-0.2, -0.15) is 0 Å². The Hall–Kier alpha value is -2.11. The van der Waals surface area contributed by atoms with Crippen molar-refractivity contribution in [3.8, 4) is 5.75 Å². The maximum absolute atomic E-state index is 5.40. The summed E-state index contributed by atoms with van der Waals surface area (Å²) in [6.07, 6.45) is 0. The molecule has 1 atom stereocenters. The number of hydrogen-bond acceptors (Lipinski definition) is 2. The predicted molar refractivity (Wildman–Crippen MR) is 102 cm³/mol. The van der Waals surface area contributed by atoms with Crippen molar-refractivity contribution >= 4 is 17.3 Å². The Morgan fingerprint density at radius 3 is 2.50 bits per heavy atom. The normalized spacial score (nSPS) is 11.8. The van der Waals surface area contributed by atoms with Gasteiger partial charge in [-0.25, -0.2) is 0 Å². The number of methoxy groups -OCH3 is 1. The van der Waals surface area contributed by atoms with E-state index in [0.29, 0.717) is 5.11 Å². The molecule has 4 nitrogen and oxygen atoms in total. The fourth-order valence-electron chi connectivity index (χ4n) is 2.55. The molecular formula is C19H26N3OS+. The van der Waals surface area contributed by atoms with E-state index in [1.807, 2.05) is 30.3 Å². The van der Waals surface area contributed by atoms with Gasteiger partial charge in [0.25, 0.3) is 0 Å². The van der Waals surface area contributed by atoms with E-state index >= 15 is 0 Å². The van der Waals surface area contributed by atoms with E-state index in [9.17, 15) is 0 Å². The third kappa shape index (κ3) is 5.51. The molecule has 0 saturated carbocycles. The molecule has 2 aromatic rings. The first-order chi connectivity index (χ1) is 11.6. The van der Waals surface area contributed by atoms with Crippen molar-refractivity contribution < 1.29 is 9.64 Å². The number of hydrogen-bond donors (Lipinski definition) is 3. The van der Waals surface area contributed by atoms with Crippen LogP contribution in [0.3, 0.4) is 0 Å². The van der Waals surface area contributed by atoms with Crippen LogP contribution >= 0.6 is 12.2 Å². The Labute approximate surface area is 149 Å². The Morgan fingerprint density at radius 1 is 1.08 bits per heavy atom. The van der Waals surface area contributed by atoms with E-state index in [1.54, 1.807) is 7.11 Å². The lowest BCUT2D eigenvalue weighted by Crippen LogP contribution is -3.07. The smallest absolute Gasteiger partial charge is 0.166 e. The molecule has 5 heteroatoms. The zero-order valence-corrected chi connectivity index (χ0v) is 15.3. The Balaban J connectivity index is 1.90. The van der Waals surface area contributed by atoms with Gasteiger partial charge in [-0.05, 0) is 29.9 Å². The molecule has 0 unspecified atom stereocenters. The largest absolute Gasteiger partial charge is 0.497 e. The third-order valence-corrected chi connectivity index (χ3v) is 4.24. The summed E-state index contributed by atoms with van der Waals surface area (Å²) in [6.45, 7) is 1.49. The molecule has 24 heavy (non-hydrogen) atoms. The van der Waals surface area contributed by atoms with Crippen LogP contribution in [-0.4, -0.2) is 32.9 Å². The lowest BCUT2D eigenvalue weighted by Gasteiger charge is -2.23. The minimum absolute atomic E-state index is 0.288. The number of quaternary nitrogens is 1. The molecule has 0 saturated heterocycles. The molecule has 0 heterocycles. The van der Waals surface area contributed by atoms with Gasteiger partial charge in [-0.1, -0.05) is 42.5 Å². The minimum atomic E-state index is 0.288. The zero-order chi connectivity index (χ0) is 17.4. The molecule has 0 aliphatic rings. The molecule has 128 valence electrons. The van der Waals surface area contributed by atoms with Crippen LogP contribution in [-0.2, 0) is 6.54 Å². The van der Waals surface area contributed by atoms with Gasteiger partial charge in [0, 0.05) is 12.1 Å².